The van der Waals surface area contributed by atoms with Crippen LogP contribution in [0, 0.1) is 5.92 Å². The summed E-state index contributed by atoms with van der Waals surface area (Å²) in [6.45, 7) is 1.12. The zero-order chi connectivity index (χ0) is 13.0. The summed E-state index contributed by atoms with van der Waals surface area (Å²) >= 11 is 0. The average Bonchev–Trinajstić information content (AvgIpc) is 2.28. The van der Waals surface area contributed by atoms with Gasteiger partial charge in [-0.1, -0.05) is 24.6 Å². The van der Waals surface area contributed by atoms with Crippen LogP contribution >= 0.6 is 0 Å². The normalized spacial score (nSPS) is 16.5. The second-order valence-electron chi connectivity index (χ2n) is 4.79. The molecule has 1 saturated carbocycles. The molecular formula is C13H20N2O2S. The third-order valence-corrected chi connectivity index (χ3v) is 4.94. The van der Waals surface area contributed by atoms with E-state index in [-0.39, 0.29) is 0 Å². The third-order valence-electron chi connectivity index (χ3n) is 3.42. The molecule has 2 N–H and O–H groups in total. The predicted molar refractivity (Wildman–Crippen MR) is 71.7 cm³/mol. The molecule has 0 atom stereocenters. The van der Waals surface area contributed by atoms with E-state index in [1.165, 1.54) is 6.42 Å². The fourth-order valence-electron chi connectivity index (χ4n) is 2.10. The maximum absolute atomic E-state index is 12.2. The molecule has 2 rings (SSSR count). The Hall–Kier alpha value is -0.910. The summed E-state index contributed by atoms with van der Waals surface area (Å²) in [6.07, 6.45) is 3.50. The van der Waals surface area contributed by atoms with Crippen LogP contribution in [-0.2, 0) is 16.6 Å². The van der Waals surface area contributed by atoms with Crippen LogP contribution in [-0.4, -0.2) is 22.0 Å². The molecule has 0 unspecified atom stereocenters. The van der Waals surface area contributed by atoms with E-state index >= 15 is 0 Å². The molecule has 1 fully saturated rings. The van der Waals surface area contributed by atoms with E-state index < -0.39 is 10.0 Å². The minimum atomic E-state index is -3.37. The molecule has 1 aromatic carbocycles. The van der Waals surface area contributed by atoms with Gasteiger partial charge in [0.2, 0.25) is 10.0 Å². The molecule has 1 aliphatic carbocycles. The number of hydrogen-bond acceptors (Lipinski definition) is 3. The van der Waals surface area contributed by atoms with Crippen LogP contribution in [0.25, 0.3) is 0 Å². The molecule has 0 amide bonds. The van der Waals surface area contributed by atoms with Crippen molar-refractivity contribution < 1.29 is 8.42 Å². The second kappa shape index (κ2) is 5.82. The average molecular weight is 268 g/mol. The van der Waals surface area contributed by atoms with Crippen molar-refractivity contribution in [2.45, 2.75) is 30.7 Å². The summed E-state index contributed by atoms with van der Waals surface area (Å²) in [5.41, 5.74) is 0.807. The van der Waals surface area contributed by atoms with Gasteiger partial charge >= 0.3 is 0 Å². The van der Waals surface area contributed by atoms with Crippen molar-refractivity contribution in [3.63, 3.8) is 0 Å². The molecule has 4 nitrogen and oxygen atoms in total. The molecule has 0 spiro atoms. The third kappa shape index (κ3) is 3.10. The molecule has 0 bridgehead atoms. The molecule has 0 aromatic heterocycles. The second-order valence-corrected chi connectivity index (χ2v) is 6.52. The molecule has 0 radical (unpaired) electrons. The summed E-state index contributed by atoms with van der Waals surface area (Å²) in [7, 11) is -1.56. The van der Waals surface area contributed by atoms with E-state index in [1.54, 1.807) is 12.1 Å². The van der Waals surface area contributed by atoms with Crippen LogP contribution in [0.1, 0.15) is 24.8 Å². The molecule has 18 heavy (non-hydrogen) atoms. The molecule has 5 heteroatoms. The highest BCUT2D eigenvalue weighted by Gasteiger charge is 2.22. The van der Waals surface area contributed by atoms with Crippen molar-refractivity contribution in [3.8, 4) is 0 Å². The molecule has 0 saturated heterocycles. The van der Waals surface area contributed by atoms with Gasteiger partial charge in [-0.3, -0.25) is 0 Å². The highest BCUT2D eigenvalue weighted by molar-refractivity contribution is 7.89. The summed E-state index contributed by atoms with van der Waals surface area (Å²) in [5, 5.41) is 2.99. The number of nitrogens with one attached hydrogen (secondary N) is 2. The largest absolute Gasteiger partial charge is 0.316 e. The zero-order valence-electron chi connectivity index (χ0n) is 10.6. The van der Waals surface area contributed by atoms with Crippen molar-refractivity contribution in [1.82, 2.24) is 10.0 Å². The highest BCUT2D eigenvalue weighted by atomic mass is 32.2. The Morgan fingerprint density at radius 2 is 2.00 bits per heavy atom. The van der Waals surface area contributed by atoms with Crippen LogP contribution in [0.4, 0.5) is 0 Å². The lowest BCUT2D eigenvalue weighted by molar-refractivity contribution is 0.316. The maximum Gasteiger partial charge on any atom is 0.240 e. The van der Waals surface area contributed by atoms with Crippen molar-refractivity contribution in [1.29, 1.82) is 0 Å². The first kappa shape index (κ1) is 13.5. The summed E-state index contributed by atoms with van der Waals surface area (Å²) in [5.74, 6) is 0.524. The van der Waals surface area contributed by atoms with Gasteiger partial charge in [0.1, 0.15) is 0 Å². The first-order valence-electron chi connectivity index (χ1n) is 6.35. The maximum atomic E-state index is 12.2. The van der Waals surface area contributed by atoms with Gasteiger partial charge in [0.05, 0.1) is 4.90 Å². The predicted octanol–water partition coefficient (Wildman–Crippen LogP) is 1.48. The van der Waals surface area contributed by atoms with E-state index in [9.17, 15) is 8.42 Å². The molecule has 100 valence electrons. The van der Waals surface area contributed by atoms with Gasteiger partial charge < -0.3 is 5.32 Å². The molecule has 1 aromatic rings. The van der Waals surface area contributed by atoms with E-state index in [2.05, 4.69) is 10.0 Å². The lowest BCUT2D eigenvalue weighted by Gasteiger charge is -2.25. The minimum Gasteiger partial charge on any atom is -0.316 e. The minimum absolute atomic E-state index is 0.388. The van der Waals surface area contributed by atoms with Gasteiger partial charge in [0, 0.05) is 13.1 Å². The first-order valence-corrected chi connectivity index (χ1v) is 7.84. The lowest BCUT2D eigenvalue weighted by Crippen LogP contribution is -2.32. The van der Waals surface area contributed by atoms with Crippen LogP contribution in [0.2, 0.25) is 0 Å². The van der Waals surface area contributed by atoms with Gasteiger partial charge in [0.25, 0.3) is 0 Å². The van der Waals surface area contributed by atoms with Gasteiger partial charge in [-0.05, 0) is 37.4 Å². The topological polar surface area (TPSA) is 58.2 Å². The van der Waals surface area contributed by atoms with Gasteiger partial charge in [-0.25, -0.2) is 13.1 Å². The number of benzene rings is 1. The molecule has 0 heterocycles. The molecular weight excluding hydrogens is 248 g/mol. The van der Waals surface area contributed by atoms with Gasteiger partial charge in [0.15, 0.2) is 0 Å². The number of sulfonamides is 1. The van der Waals surface area contributed by atoms with Crippen LogP contribution in [0.15, 0.2) is 29.2 Å². The fraction of sp³-hybridized carbons (Fsp3) is 0.538. The van der Waals surface area contributed by atoms with Crippen LogP contribution < -0.4 is 10.0 Å². The Balaban J connectivity index is 2.12. The SMILES string of the molecule is CNCc1ccccc1S(=O)(=O)NCC1CCC1. The lowest BCUT2D eigenvalue weighted by atomic mass is 9.86. The van der Waals surface area contributed by atoms with E-state index in [1.807, 2.05) is 19.2 Å². The molecule has 0 aliphatic heterocycles. The van der Waals surface area contributed by atoms with Gasteiger partial charge in [-0.15, -0.1) is 0 Å². The Morgan fingerprint density at radius 1 is 1.28 bits per heavy atom. The smallest absolute Gasteiger partial charge is 0.240 e. The first-order chi connectivity index (χ1) is 8.63. The van der Waals surface area contributed by atoms with Crippen molar-refractivity contribution in [2.75, 3.05) is 13.6 Å². The standard InChI is InChI=1S/C13H20N2O2S/c1-14-10-12-7-2-3-8-13(12)18(16,17)15-9-11-5-4-6-11/h2-3,7-8,11,14-15H,4-6,9-10H2,1H3. The van der Waals surface area contributed by atoms with Crippen LogP contribution in [0.5, 0.6) is 0 Å². The number of hydrogen-bond donors (Lipinski definition) is 2. The van der Waals surface area contributed by atoms with Crippen molar-refractivity contribution in [3.05, 3.63) is 29.8 Å². The van der Waals surface area contributed by atoms with E-state index in [0.29, 0.717) is 23.9 Å². The summed E-state index contributed by atoms with van der Waals surface area (Å²) in [4.78, 5) is 0.388. The van der Waals surface area contributed by atoms with Gasteiger partial charge in [-0.2, -0.15) is 0 Å². The summed E-state index contributed by atoms with van der Waals surface area (Å²) in [6, 6.07) is 7.12. The monoisotopic (exact) mass is 268 g/mol. The number of rotatable bonds is 6. The Kier molecular flexibility index (Phi) is 4.37. The Bertz CT molecular complexity index is 495. The van der Waals surface area contributed by atoms with Crippen molar-refractivity contribution in [2.24, 2.45) is 5.92 Å². The highest BCUT2D eigenvalue weighted by Crippen LogP contribution is 2.26. The quantitative estimate of drug-likeness (QED) is 0.821. The zero-order valence-corrected chi connectivity index (χ0v) is 11.5. The fourth-order valence-corrected chi connectivity index (χ4v) is 3.46. The summed E-state index contributed by atoms with van der Waals surface area (Å²) < 4.78 is 27.2. The van der Waals surface area contributed by atoms with Crippen LogP contribution in [0.3, 0.4) is 0 Å². The van der Waals surface area contributed by atoms with E-state index in [0.717, 1.165) is 18.4 Å². The Morgan fingerprint density at radius 3 is 2.61 bits per heavy atom. The van der Waals surface area contributed by atoms with Crippen molar-refractivity contribution >= 4 is 10.0 Å². The Labute approximate surface area is 109 Å². The van der Waals surface area contributed by atoms with E-state index in [4.69, 9.17) is 0 Å². The molecule has 1 aliphatic rings.